The first kappa shape index (κ1) is 53.6. The average molecular weight is 1080 g/mol. The highest BCUT2D eigenvalue weighted by Gasteiger charge is 2.50. The third kappa shape index (κ3) is 11.6. The number of likely N-dealkylation sites (tertiary alicyclic amines) is 1. The number of hydrogen-bond donors (Lipinski definition) is 3. The number of anilines is 2. The van der Waals surface area contributed by atoms with Gasteiger partial charge in [0, 0.05) is 102 Å². The predicted molar refractivity (Wildman–Crippen MR) is 292 cm³/mol. The number of nitro groups is 1. The maximum Gasteiger partial charge on any atom is 0.293 e. The number of piperidine rings is 2. The number of nitrogens with zero attached hydrogens (tertiary/aromatic N) is 7. The Bertz CT molecular complexity index is 3220. The standard InChI is InChI=1S/C57H68F2N10O7S/c1-37(2)44-8-6-7-9-45(44)51-35-65(34-39-10-12-41(75-5)13-11-39)24-25-68(51)40-29-56(30-40)16-20-67(21-17-56)53-28-52(76-42-26-46-48(58)33-62-54(46)61-31-42)47(32-60-53)55(70)64-77(73,74)43-14-15-49(50(27-43)69(71)72)63-36-57(59)18-22-66(23-19-57)38(3)4/h6-15,26-28,31-33,37-38,40,51,63H,16-25,29-30,34-36H2,1-5H3,(H,61,62)(H,64,70). The summed E-state index contributed by atoms with van der Waals surface area (Å²) in [4.78, 5) is 46.4. The lowest BCUT2D eigenvalue weighted by Crippen LogP contribution is -2.60. The number of sulfonamides is 1. The first-order valence-electron chi connectivity index (χ1n) is 26.7. The number of aromatic amines is 1. The zero-order valence-electron chi connectivity index (χ0n) is 44.3. The van der Waals surface area contributed by atoms with E-state index in [0.717, 1.165) is 69.7 Å². The molecule has 1 unspecified atom stereocenters. The van der Waals surface area contributed by atoms with E-state index in [0.29, 0.717) is 44.0 Å². The largest absolute Gasteiger partial charge is 0.497 e. The molecular weight excluding hydrogens is 1010 g/mol. The Balaban J connectivity index is 0.836. The van der Waals surface area contributed by atoms with Gasteiger partial charge in [-0.1, -0.05) is 50.2 Å². The normalized spacial score (nSPS) is 19.4. The Morgan fingerprint density at radius 3 is 2.35 bits per heavy atom. The number of amides is 1. The van der Waals surface area contributed by atoms with Crippen LogP contribution in [0.5, 0.6) is 17.2 Å². The van der Waals surface area contributed by atoms with Gasteiger partial charge in [-0.3, -0.25) is 24.7 Å². The zero-order chi connectivity index (χ0) is 54.2. The quantitative estimate of drug-likeness (QED) is 0.0578. The second-order valence-electron chi connectivity index (χ2n) is 22.0. The van der Waals surface area contributed by atoms with Crippen molar-refractivity contribution in [3.8, 4) is 17.2 Å². The number of alkyl halides is 1. The topological polar surface area (TPSA) is 191 Å². The molecule has 6 aromatic rings. The molecule has 408 valence electrons. The Kier molecular flexibility index (Phi) is 15.3. The van der Waals surface area contributed by atoms with Crippen LogP contribution in [0.4, 0.5) is 26.0 Å². The number of rotatable bonds is 17. The van der Waals surface area contributed by atoms with E-state index in [-0.39, 0.29) is 70.7 Å². The van der Waals surface area contributed by atoms with Crippen molar-refractivity contribution in [1.82, 2.24) is 34.4 Å². The van der Waals surface area contributed by atoms with Gasteiger partial charge in [-0.05, 0) is 111 Å². The van der Waals surface area contributed by atoms with Crippen molar-refractivity contribution in [3.63, 3.8) is 0 Å². The zero-order valence-corrected chi connectivity index (χ0v) is 45.1. The van der Waals surface area contributed by atoms with E-state index in [1.54, 1.807) is 13.2 Å². The van der Waals surface area contributed by atoms with Crippen LogP contribution in [0, 0.1) is 21.3 Å². The molecule has 17 nitrogen and oxygen atoms in total. The van der Waals surface area contributed by atoms with Gasteiger partial charge < -0.3 is 29.6 Å². The third-order valence-electron chi connectivity index (χ3n) is 16.5. The number of piperazine rings is 1. The maximum absolute atomic E-state index is 15.8. The van der Waals surface area contributed by atoms with E-state index in [9.17, 15) is 27.7 Å². The Hall–Kier alpha value is -6.74. The summed E-state index contributed by atoms with van der Waals surface area (Å²) < 4.78 is 72.0. The lowest BCUT2D eigenvalue weighted by atomic mass is 9.59. The van der Waals surface area contributed by atoms with Gasteiger partial charge in [0.05, 0.1) is 28.5 Å². The van der Waals surface area contributed by atoms with Gasteiger partial charge in [0.2, 0.25) is 0 Å². The van der Waals surface area contributed by atoms with Gasteiger partial charge in [-0.15, -0.1) is 0 Å². The van der Waals surface area contributed by atoms with Gasteiger partial charge in [0.1, 0.15) is 51.5 Å². The van der Waals surface area contributed by atoms with Crippen LogP contribution in [0.3, 0.4) is 0 Å². The Labute approximate surface area is 448 Å². The number of aromatic nitrogens is 3. The van der Waals surface area contributed by atoms with Crippen LogP contribution in [-0.2, 0) is 16.6 Å². The van der Waals surface area contributed by atoms with Crippen molar-refractivity contribution in [3.05, 3.63) is 136 Å². The van der Waals surface area contributed by atoms with E-state index in [4.69, 9.17) is 9.47 Å². The molecule has 3 aliphatic heterocycles. The highest BCUT2D eigenvalue weighted by Crippen LogP contribution is 2.53. The molecule has 1 amide bonds. The van der Waals surface area contributed by atoms with Crippen molar-refractivity contribution in [2.45, 2.75) is 107 Å². The van der Waals surface area contributed by atoms with Crippen LogP contribution in [-0.4, -0.2) is 126 Å². The van der Waals surface area contributed by atoms with Crippen LogP contribution in [0.2, 0.25) is 0 Å². The lowest BCUT2D eigenvalue weighted by molar-refractivity contribution is -0.384. The van der Waals surface area contributed by atoms with E-state index in [2.05, 4.69) is 90.1 Å². The summed E-state index contributed by atoms with van der Waals surface area (Å²) in [5.41, 5.74) is 1.95. The first-order valence-corrected chi connectivity index (χ1v) is 28.1. The summed E-state index contributed by atoms with van der Waals surface area (Å²) in [7, 11) is -3.05. The fourth-order valence-electron chi connectivity index (χ4n) is 11.9. The SMILES string of the molecule is COc1ccc(CN2CCN(C3CC4(CCN(c5cc(Oc6cnc7[nH]cc(F)c7c6)c(C(=O)NS(=O)(=O)c6ccc(NCC7(F)CCN(C(C)C)CC7)c([N+](=O)[O-])c6)cn5)CC4)C3)C(c3ccccc3C(C)C)C2)cc1. The molecule has 0 radical (unpaired) electrons. The van der Waals surface area contributed by atoms with Gasteiger partial charge in [-0.2, -0.15) is 0 Å². The smallest absolute Gasteiger partial charge is 0.293 e. The monoisotopic (exact) mass is 1070 g/mol. The summed E-state index contributed by atoms with van der Waals surface area (Å²) in [6.45, 7) is 14.6. The number of nitro benzene ring substituents is 1. The highest BCUT2D eigenvalue weighted by atomic mass is 32.2. The molecule has 3 aromatic heterocycles. The molecule has 1 aliphatic carbocycles. The van der Waals surface area contributed by atoms with Crippen molar-refractivity contribution < 1.29 is 36.4 Å². The number of halogens is 2. The van der Waals surface area contributed by atoms with Gasteiger partial charge in [-0.25, -0.2) is 31.9 Å². The minimum atomic E-state index is -4.74. The fraction of sp³-hybridized carbons (Fsp3) is 0.456. The summed E-state index contributed by atoms with van der Waals surface area (Å²) >= 11 is 0. The van der Waals surface area contributed by atoms with Gasteiger partial charge in [0.25, 0.3) is 21.6 Å². The molecule has 1 saturated carbocycles. The number of benzene rings is 3. The number of pyridine rings is 2. The highest BCUT2D eigenvalue weighted by molar-refractivity contribution is 7.90. The van der Waals surface area contributed by atoms with E-state index < -0.39 is 42.9 Å². The Morgan fingerprint density at radius 2 is 1.65 bits per heavy atom. The average Bonchev–Trinajstić information content (AvgIpc) is 3.83. The number of ether oxygens (including phenoxy) is 2. The van der Waals surface area contributed by atoms with Crippen LogP contribution in [0.25, 0.3) is 11.0 Å². The third-order valence-corrected chi connectivity index (χ3v) is 17.8. The summed E-state index contributed by atoms with van der Waals surface area (Å²) in [6, 6.07) is 24.3. The van der Waals surface area contributed by atoms with Crippen molar-refractivity contribution >= 4 is 44.2 Å². The molecule has 4 aliphatic rings. The molecular formula is C57H68F2N10O7S. The van der Waals surface area contributed by atoms with Crippen LogP contribution < -0.4 is 24.4 Å². The molecule has 3 saturated heterocycles. The van der Waals surface area contributed by atoms with Crippen LogP contribution in [0.1, 0.15) is 105 Å². The van der Waals surface area contributed by atoms with Crippen molar-refractivity contribution in [2.24, 2.45) is 5.41 Å². The number of carbonyl (C=O) groups is 1. The fourth-order valence-corrected chi connectivity index (χ4v) is 12.9. The molecule has 10 rings (SSSR count). The molecule has 0 bridgehead atoms. The van der Waals surface area contributed by atoms with E-state index >= 15 is 4.39 Å². The minimum Gasteiger partial charge on any atom is -0.497 e. The Morgan fingerprint density at radius 1 is 0.909 bits per heavy atom. The molecule has 3 aromatic carbocycles. The number of nitrogens with one attached hydrogen (secondary N) is 3. The maximum atomic E-state index is 15.8. The number of H-pyrrole nitrogens is 1. The second-order valence-corrected chi connectivity index (χ2v) is 23.7. The second kappa shape index (κ2) is 21.9. The molecule has 77 heavy (non-hydrogen) atoms. The first-order chi connectivity index (χ1) is 36.9. The molecule has 1 spiro atoms. The summed E-state index contributed by atoms with van der Waals surface area (Å²) in [5, 5.41) is 15.3. The molecule has 1 atom stereocenters. The van der Waals surface area contributed by atoms with Gasteiger partial charge in [0.15, 0.2) is 0 Å². The molecule has 20 heteroatoms. The number of fused-ring (bicyclic) bond motifs is 1. The number of methoxy groups -OCH3 is 1. The molecule has 3 N–H and O–H groups in total. The van der Waals surface area contributed by atoms with Gasteiger partial charge >= 0.3 is 0 Å². The van der Waals surface area contributed by atoms with E-state index in [1.807, 2.05) is 30.7 Å². The molecule has 4 fully saturated rings. The van der Waals surface area contributed by atoms with Crippen molar-refractivity contribution in [2.75, 3.05) is 69.7 Å². The summed E-state index contributed by atoms with van der Waals surface area (Å²) in [6.07, 6.45) is 8.24. The van der Waals surface area contributed by atoms with Crippen LogP contribution in [0.15, 0.2) is 102 Å². The number of carbonyl (C=O) groups excluding carboxylic acids is 1. The predicted octanol–water partition coefficient (Wildman–Crippen LogP) is 9.98. The minimum absolute atomic E-state index is 0.0586. The van der Waals surface area contributed by atoms with E-state index in [1.165, 1.54) is 47.4 Å². The van der Waals surface area contributed by atoms with Crippen LogP contribution >= 0.6 is 0 Å². The molecule has 6 heterocycles. The lowest BCUT2D eigenvalue weighted by Gasteiger charge is -2.58. The van der Waals surface area contributed by atoms with Crippen molar-refractivity contribution in [1.29, 1.82) is 0 Å². The summed E-state index contributed by atoms with van der Waals surface area (Å²) in [5.74, 6) is 0.0818. The number of hydrogen-bond acceptors (Lipinski definition) is 14.